The molecule has 0 amide bonds. The molecule has 0 atom stereocenters. The van der Waals surface area contributed by atoms with Crippen LogP contribution in [0, 0.1) is 0 Å². The highest BCUT2D eigenvalue weighted by molar-refractivity contribution is 7.89. The number of benzene rings is 2. The quantitative estimate of drug-likeness (QED) is 0.599. The number of nitrogens with one attached hydrogen (secondary N) is 1. The van der Waals surface area contributed by atoms with Crippen LogP contribution in [-0.2, 0) is 22.6 Å². The fourth-order valence-corrected chi connectivity index (χ4v) is 3.46. The first-order valence-corrected chi connectivity index (χ1v) is 10.5. The number of unbranched alkanes of at least 4 members (excludes halogenated alkanes) is 1. The molecule has 3 aromatic rings. The molecule has 9 heteroatoms. The Hall–Kier alpha value is -2.65. The van der Waals surface area contributed by atoms with E-state index < -0.39 is 22.0 Å². The van der Waals surface area contributed by atoms with Crippen LogP contribution in [0.2, 0.25) is 0 Å². The van der Waals surface area contributed by atoms with E-state index in [1.807, 2.05) is 12.1 Å². The van der Waals surface area contributed by atoms with Crippen molar-refractivity contribution in [2.45, 2.75) is 37.3 Å². The predicted octanol–water partition coefficient (Wildman–Crippen LogP) is 4.75. The topological polar surface area (TPSA) is 88.8 Å². The largest absolute Gasteiger partial charge is 0.449 e. The first-order chi connectivity index (χ1) is 13.6. The molecule has 0 bridgehead atoms. The molecule has 0 fully saturated rings. The van der Waals surface area contributed by atoms with Crippen LogP contribution in [0.25, 0.3) is 22.5 Å². The lowest BCUT2D eigenvalue weighted by Gasteiger charge is -2.06. The van der Waals surface area contributed by atoms with Crippen molar-refractivity contribution in [1.82, 2.24) is 9.97 Å². The Balaban J connectivity index is 2.06. The maximum Gasteiger partial charge on any atom is 0.449 e. The summed E-state index contributed by atoms with van der Waals surface area (Å²) >= 11 is 0. The van der Waals surface area contributed by atoms with Gasteiger partial charge in [0.25, 0.3) is 0 Å². The van der Waals surface area contributed by atoms with E-state index in [9.17, 15) is 21.6 Å². The summed E-state index contributed by atoms with van der Waals surface area (Å²) in [5.41, 5.74) is 2.29. The maximum absolute atomic E-state index is 13.2. The van der Waals surface area contributed by atoms with Crippen LogP contribution in [0.15, 0.2) is 53.4 Å². The number of alkyl halides is 3. The van der Waals surface area contributed by atoms with Crippen LogP contribution >= 0.6 is 0 Å². The molecule has 0 saturated heterocycles. The molecule has 154 valence electrons. The van der Waals surface area contributed by atoms with Crippen LogP contribution in [0.1, 0.15) is 31.2 Å². The molecule has 3 N–H and O–H groups in total. The minimum absolute atomic E-state index is 0.0830. The zero-order chi connectivity index (χ0) is 21.2. The van der Waals surface area contributed by atoms with Crippen LogP contribution in [-0.4, -0.2) is 18.4 Å². The molecule has 0 radical (unpaired) electrons. The molecule has 1 heterocycles. The lowest BCUT2D eigenvalue weighted by Crippen LogP contribution is -2.11. The van der Waals surface area contributed by atoms with Gasteiger partial charge in [-0.1, -0.05) is 49.7 Å². The smallest absolute Gasteiger partial charge is 0.334 e. The van der Waals surface area contributed by atoms with Crippen LogP contribution in [0.3, 0.4) is 0 Å². The number of imidazole rings is 1. The Labute approximate surface area is 166 Å². The molecule has 2 aromatic carbocycles. The van der Waals surface area contributed by atoms with E-state index >= 15 is 0 Å². The lowest BCUT2D eigenvalue weighted by atomic mass is 10.0. The highest BCUT2D eigenvalue weighted by atomic mass is 32.2. The fraction of sp³-hybridized carbons (Fsp3) is 0.250. The molecule has 29 heavy (non-hydrogen) atoms. The average molecular weight is 423 g/mol. The summed E-state index contributed by atoms with van der Waals surface area (Å²) in [6.45, 7) is 2.09. The van der Waals surface area contributed by atoms with Gasteiger partial charge in [0.2, 0.25) is 15.8 Å². The third-order valence-corrected chi connectivity index (χ3v) is 5.42. The van der Waals surface area contributed by atoms with Crippen LogP contribution in [0.5, 0.6) is 0 Å². The standard InChI is InChI=1S/C20H20F3N3O2S/c1-2-3-4-13-5-7-14(8-6-13)17-18(26-19(25-17)20(21,22)23)15-9-11-16(12-10-15)29(24,27)28/h5-12H,2-4H2,1H3,(H,25,26)(H2,24,27,28). The number of hydrogen-bond donors (Lipinski definition) is 2. The average Bonchev–Trinajstić information content (AvgIpc) is 3.12. The van der Waals surface area contributed by atoms with Crippen molar-refractivity contribution in [2.24, 2.45) is 5.14 Å². The van der Waals surface area contributed by atoms with E-state index in [-0.39, 0.29) is 16.3 Å². The van der Waals surface area contributed by atoms with Gasteiger partial charge in [-0.2, -0.15) is 13.2 Å². The van der Waals surface area contributed by atoms with Gasteiger partial charge >= 0.3 is 6.18 Å². The minimum Gasteiger partial charge on any atom is -0.334 e. The second-order valence-corrected chi connectivity index (χ2v) is 8.24. The van der Waals surface area contributed by atoms with Crippen molar-refractivity contribution in [1.29, 1.82) is 0 Å². The van der Waals surface area contributed by atoms with Gasteiger partial charge in [-0.3, -0.25) is 0 Å². The summed E-state index contributed by atoms with van der Waals surface area (Å²) in [6.07, 6.45) is -1.66. The number of nitrogens with two attached hydrogens (primary N) is 1. The van der Waals surface area contributed by atoms with Crippen molar-refractivity contribution in [2.75, 3.05) is 0 Å². The zero-order valence-corrected chi connectivity index (χ0v) is 16.4. The number of H-pyrrole nitrogens is 1. The van der Waals surface area contributed by atoms with Crippen molar-refractivity contribution in [3.63, 3.8) is 0 Å². The Kier molecular flexibility index (Phi) is 5.81. The Bertz CT molecular complexity index is 1090. The van der Waals surface area contributed by atoms with Gasteiger partial charge in [-0.15, -0.1) is 0 Å². The van der Waals surface area contributed by atoms with Crippen LogP contribution < -0.4 is 5.14 Å². The van der Waals surface area contributed by atoms with Gasteiger partial charge in [0, 0.05) is 11.1 Å². The summed E-state index contributed by atoms with van der Waals surface area (Å²) in [7, 11) is -3.90. The molecular formula is C20H20F3N3O2S. The normalized spacial score (nSPS) is 12.3. The zero-order valence-electron chi connectivity index (χ0n) is 15.6. The SMILES string of the molecule is CCCCc1ccc(-c2[nH]c(C(F)(F)F)nc2-c2ccc(S(N)(=O)=O)cc2)cc1. The molecule has 0 saturated carbocycles. The van der Waals surface area contributed by atoms with Gasteiger partial charge in [-0.05, 0) is 30.5 Å². The van der Waals surface area contributed by atoms with E-state index in [1.54, 1.807) is 12.1 Å². The fourth-order valence-electron chi connectivity index (χ4n) is 2.95. The molecule has 0 spiro atoms. The number of halogens is 3. The molecule has 0 aliphatic rings. The van der Waals surface area contributed by atoms with Gasteiger partial charge < -0.3 is 4.98 Å². The first kappa shape index (κ1) is 21.1. The Morgan fingerprint density at radius 1 is 1.00 bits per heavy atom. The van der Waals surface area contributed by atoms with Crippen molar-refractivity contribution in [3.05, 3.63) is 59.9 Å². The van der Waals surface area contributed by atoms with Gasteiger partial charge in [0.15, 0.2) is 0 Å². The summed E-state index contributed by atoms with van der Waals surface area (Å²) in [6, 6.07) is 12.5. The minimum atomic E-state index is -4.64. The summed E-state index contributed by atoms with van der Waals surface area (Å²) in [5, 5.41) is 5.08. The molecule has 1 aromatic heterocycles. The van der Waals surface area contributed by atoms with Gasteiger partial charge in [0.1, 0.15) is 0 Å². The predicted molar refractivity (Wildman–Crippen MR) is 104 cm³/mol. The summed E-state index contributed by atoms with van der Waals surface area (Å²) < 4.78 is 62.6. The number of primary sulfonamides is 1. The molecule has 0 aliphatic carbocycles. The van der Waals surface area contributed by atoms with E-state index in [2.05, 4.69) is 16.9 Å². The highest BCUT2D eigenvalue weighted by Gasteiger charge is 2.36. The van der Waals surface area contributed by atoms with E-state index in [1.165, 1.54) is 24.3 Å². The highest BCUT2D eigenvalue weighted by Crippen LogP contribution is 2.36. The third-order valence-electron chi connectivity index (χ3n) is 4.49. The lowest BCUT2D eigenvalue weighted by molar-refractivity contribution is -0.144. The van der Waals surface area contributed by atoms with E-state index in [4.69, 9.17) is 5.14 Å². The Morgan fingerprint density at radius 3 is 2.10 bits per heavy atom. The van der Waals surface area contributed by atoms with Crippen LogP contribution in [0.4, 0.5) is 13.2 Å². The number of nitrogens with zero attached hydrogens (tertiary/aromatic N) is 1. The van der Waals surface area contributed by atoms with E-state index in [0.29, 0.717) is 11.1 Å². The van der Waals surface area contributed by atoms with Gasteiger partial charge in [0.05, 0.1) is 16.3 Å². The second kappa shape index (κ2) is 8.00. The third kappa shape index (κ3) is 4.86. The maximum atomic E-state index is 13.2. The van der Waals surface area contributed by atoms with Crippen molar-refractivity contribution < 1.29 is 21.6 Å². The summed E-state index contributed by atoms with van der Waals surface area (Å²) in [4.78, 5) is 5.97. The number of aromatic nitrogens is 2. The van der Waals surface area contributed by atoms with E-state index in [0.717, 1.165) is 24.8 Å². The number of aromatic amines is 1. The second-order valence-electron chi connectivity index (χ2n) is 6.68. The van der Waals surface area contributed by atoms with Gasteiger partial charge in [-0.25, -0.2) is 18.5 Å². The Morgan fingerprint density at radius 2 is 1.59 bits per heavy atom. The molecule has 0 aliphatic heterocycles. The van der Waals surface area contributed by atoms with Crippen molar-refractivity contribution >= 4 is 10.0 Å². The molecule has 3 rings (SSSR count). The number of rotatable bonds is 6. The van der Waals surface area contributed by atoms with Crippen molar-refractivity contribution in [3.8, 4) is 22.5 Å². The number of sulfonamides is 1. The molecule has 0 unspecified atom stereocenters. The first-order valence-electron chi connectivity index (χ1n) is 8.99. The number of hydrogen-bond acceptors (Lipinski definition) is 3. The monoisotopic (exact) mass is 423 g/mol. The number of aryl methyl sites for hydroxylation is 1. The molecular weight excluding hydrogens is 403 g/mol. The summed E-state index contributed by atoms with van der Waals surface area (Å²) in [5.74, 6) is -1.12. The molecule has 5 nitrogen and oxygen atoms in total.